The lowest BCUT2D eigenvalue weighted by Gasteiger charge is -2.25. The minimum Gasteiger partial charge on any atom is -0.331 e. The van der Waals surface area contributed by atoms with Gasteiger partial charge in [0.25, 0.3) is 0 Å². The van der Waals surface area contributed by atoms with Gasteiger partial charge in [0.05, 0.1) is 0 Å². The summed E-state index contributed by atoms with van der Waals surface area (Å²) in [5, 5.41) is 0. The number of nitrogens with zero attached hydrogens (tertiary/aromatic N) is 2. The summed E-state index contributed by atoms with van der Waals surface area (Å²) >= 11 is 0. The maximum atomic E-state index is 4.33. The molecular formula is C11H20N2. The highest BCUT2D eigenvalue weighted by molar-refractivity contribution is 5.55. The highest BCUT2D eigenvalue weighted by Crippen LogP contribution is 2.14. The fourth-order valence-electron chi connectivity index (χ4n) is 1.12. The summed E-state index contributed by atoms with van der Waals surface area (Å²) in [4.78, 5) is 6.39. The highest BCUT2D eigenvalue weighted by Gasteiger charge is 2.09. The summed E-state index contributed by atoms with van der Waals surface area (Å²) in [7, 11) is 0. The van der Waals surface area contributed by atoms with E-state index >= 15 is 0 Å². The molecule has 0 aliphatic carbocycles. The molecule has 0 saturated carbocycles. The van der Waals surface area contributed by atoms with Crippen LogP contribution in [0.25, 0.3) is 0 Å². The van der Waals surface area contributed by atoms with Gasteiger partial charge in [-0.25, -0.2) is 4.99 Å². The van der Waals surface area contributed by atoms with Crippen LogP contribution in [-0.4, -0.2) is 17.2 Å². The normalized spacial score (nSPS) is 10.6. The van der Waals surface area contributed by atoms with E-state index in [1.54, 1.807) is 6.21 Å². The summed E-state index contributed by atoms with van der Waals surface area (Å²) in [5.41, 5.74) is 1.20. The van der Waals surface area contributed by atoms with E-state index in [0.717, 1.165) is 5.82 Å². The molecule has 13 heavy (non-hydrogen) atoms. The molecule has 0 aliphatic rings. The fourth-order valence-corrected chi connectivity index (χ4v) is 1.12. The minimum absolute atomic E-state index is 0.395. The molecule has 2 nitrogen and oxygen atoms in total. The SMILES string of the molecule is C=CN(C(N=CC)=C(C)C)C(C)C. The van der Waals surface area contributed by atoms with Crippen molar-refractivity contribution in [2.75, 3.05) is 0 Å². The van der Waals surface area contributed by atoms with E-state index in [-0.39, 0.29) is 0 Å². The van der Waals surface area contributed by atoms with Crippen LogP contribution in [0.3, 0.4) is 0 Å². The minimum atomic E-state index is 0.395. The van der Waals surface area contributed by atoms with Gasteiger partial charge in [-0.05, 0) is 46.4 Å². The Morgan fingerprint density at radius 1 is 1.38 bits per heavy atom. The van der Waals surface area contributed by atoms with Gasteiger partial charge in [0, 0.05) is 12.3 Å². The molecule has 2 heteroatoms. The van der Waals surface area contributed by atoms with Crippen molar-refractivity contribution in [3.63, 3.8) is 0 Å². The monoisotopic (exact) mass is 180 g/mol. The second-order valence-corrected chi connectivity index (χ2v) is 3.39. The Hall–Kier alpha value is -1.05. The molecule has 74 valence electrons. The molecule has 0 aromatic heterocycles. The van der Waals surface area contributed by atoms with E-state index in [4.69, 9.17) is 0 Å². The van der Waals surface area contributed by atoms with E-state index < -0.39 is 0 Å². The van der Waals surface area contributed by atoms with Crippen molar-refractivity contribution in [1.82, 2.24) is 4.90 Å². The number of allylic oxidation sites excluding steroid dienone is 1. The summed E-state index contributed by atoms with van der Waals surface area (Å²) < 4.78 is 0. The molecule has 0 heterocycles. The average Bonchev–Trinajstić information content (AvgIpc) is 2.03. The summed E-state index contributed by atoms with van der Waals surface area (Å²) in [5.74, 6) is 0.993. The Morgan fingerprint density at radius 3 is 2.15 bits per heavy atom. The first kappa shape index (κ1) is 11.9. The van der Waals surface area contributed by atoms with Crippen molar-refractivity contribution >= 4 is 6.21 Å². The smallest absolute Gasteiger partial charge is 0.130 e. The van der Waals surface area contributed by atoms with Gasteiger partial charge in [0.2, 0.25) is 0 Å². The van der Waals surface area contributed by atoms with Crippen molar-refractivity contribution in [2.24, 2.45) is 4.99 Å². The second-order valence-electron chi connectivity index (χ2n) is 3.39. The summed E-state index contributed by atoms with van der Waals surface area (Å²) in [6, 6.07) is 0.395. The van der Waals surface area contributed by atoms with Crippen LogP contribution in [0.4, 0.5) is 0 Å². The maximum Gasteiger partial charge on any atom is 0.130 e. The van der Waals surface area contributed by atoms with E-state index in [1.807, 2.05) is 13.1 Å². The zero-order chi connectivity index (χ0) is 10.4. The first-order valence-corrected chi connectivity index (χ1v) is 4.61. The third-order valence-corrected chi connectivity index (χ3v) is 1.70. The molecule has 0 spiro atoms. The van der Waals surface area contributed by atoms with Gasteiger partial charge < -0.3 is 4.90 Å². The zero-order valence-corrected chi connectivity index (χ0v) is 9.33. The lowest BCUT2D eigenvalue weighted by molar-refractivity contribution is 0.378. The van der Waals surface area contributed by atoms with Crippen LogP contribution in [0.2, 0.25) is 0 Å². The largest absolute Gasteiger partial charge is 0.331 e. The van der Waals surface area contributed by atoms with E-state index in [9.17, 15) is 0 Å². The van der Waals surface area contributed by atoms with Gasteiger partial charge in [-0.2, -0.15) is 0 Å². The molecule has 0 saturated heterocycles. The Morgan fingerprint density at radius 2 is 1.92 bits per heavy atom. The number of rotatable bonds is 4. The lowest BCUT2D eigenvalue weighted by atomic mass is 10.2. The van der Waals surface area contributed by atoms with Crippen LogP contribution >= 0.6 is 0 Å². The predicted octanol–water partition coefficient (Wildman–Crippen LogP) is 3.18. The van der Waals surface area contributed by atoms with E-state index in [0.29, 0.717) is 6.04 Å². The molecule has 0 fully saturated rings. The molecule has 0 N–H and O–H groups in total. The van der Waals surface area contributed by atoms with Crippen molar-refractivity contribution < 1.29 is 0 Å². The molecule has 0 atom stereocenters. The molecule has 0 bridgehead atoms. The number of aliphatic imine (C=N–C) groups is 1. The van der Waals surface area contributed by atoms with E-state index in [2.05, 4.69) is 44.2 Å². The van der Waals surface area contributed by atoms with Crippen LogP contribution in [0.5, 0.6) is 0 Å². The zero-order valence-electron chi connectivity index (χ0n) is 9.33. The molecule has 0 amide bonds. The summed E-state index contributed by atoms with van der Waals surface area (Å²) in [6.07, 6.45) is 3.63. The summed E-state index contributed by atoms with van der Waals surface area (Å²) in [6.45, 7) is 14.1. The van der Waals surface area contributed by atoms with Crippen molar-refractivity contribution in [3.05, 3.63) is 24.2 Å². The Kier molecular flexibility index (Phi) is 5.12. The van der Waals surface area contributed by atoms with Crippen LogP contribution < -0.4 is 0 Å². The standard InChI is InChI=1S/C11H20N2/c1-7-12-11(9(3)4)13(8-2)10(5)6/h7-8,10H,2H2,1,3-6H3. The average molecular weight is 180 g/mol. The first-order valence-electron chi connectivity index (χ1n) is 4.61. The molecule has 0 aromatic rings. The van der Waals surface area contributed by atoms with Gasteiger partial charge in [-0.15, -0.1) is 0 Å². The van der Waals surface area contributed by atoms with E-state index in [1.165, 1.54) is 5.57 Å². The van der Waals surface area contributed by atoms with Gasteiger partial charge in [-0.3, -0.25) is 0 Å². The van der Waals surface area contributed by atoms with Crippen LogP contribution in [0.15, 0.2) is 29.2 Å². The fraction of sp³-hybridized carbons (Fsp3) is 0.545. The topological polar surface area (TPSA) is 15.6 Å². The number of hydrogen-bond acceptors (Lipinski definition) is 2. The van der Waals surface area contributed by atoms with Gasteiger partial charge in [-0.1, -0.05) is 6.58 Å². The Bertz CT molecular complexity index is 220. The Balaban J connectivity index is 4.93. The maximum absolute atomic E-state index is 4.33. The van der Waals surface area contributed by atoms with Crippen LogP contribution in [-0.2, 0) is 0 Å². The molecule has 0 aromatic carbocycles. The third kappa shape index (κ3) is 3.45. The molecule has 0 aliphatic heterocycles. The quantitative estimate of drug-likeness (QED) is 0.607. The molecular weight excluding hydrogens is 160 g/mol. The third-order valence-electron chi connectivity index (χ3n) is 1.70. The van der Waals surface area contributed by atoms with Gasteiger partial charge in [0.1, 0.15) is 5.82 Å². The van der Waals surface area contributed by atoms with Crippen molar-refractivity contribution in [3.8, 4) is 0 Å². The Labute approximate surface area is 81.7 Å². The first-order chi connectivity index (χ1) is 6.04. The van der Waals surface area contributed by atoms with Crippen molar-refractivity contribution in [2.45, 2.75) is 40.7 Å². The van der Waals surface area contributed by atoms with Crippen molar-refractivity contribution in [1.29, 1.82) is 0 Å². The van der Waals surface area contributed by atoms with Crippen LogP contribution in [0.1, 0.15) is 34.6 Å². The number of hydrogen-bond donors (Lipinski definition) is 0. The predicted molar refractivity (Wildman–Crippen MR) is 59.7 cm³/mol. The van der Waals surface area contributed by atoms with Crippen LogP contribution in [0, 0.1) is 0 Å². The molecule has 0 unspecified atom stereocenters. The van der Waals surface area contributed by atoms with Gasteiger partial charge in [0.15, 0.2) is 0 Å². The molecule has 0 radical (unpaired) electrons. The van der Waals surface area contributed by atoms with Gasteiger partial charge >= 0.3 is 0 Å². The lowest BCUT2D eigenvalue weighted by Crippen LogP contribution is -2.24. The highest BCUT2D eigenvalue weighted by atomic mass is 15.2. The molecule has 0 rings (SSSR count). The second kappa shape index (κ2) is 5.57.